The Morgan fingerprint density at radius 1 is 1.10 bits per heavy atom. The minimum Gasteiger partial charge on any atom is -0.497 e. The first-order chi connectivity index (χ1) is 14.2. The van der Waals surface area contributed by atoms with Gasteiger partial charge in [-0.25, -0.2) is 4.98 Å². The molecule has 1 aromatic heterocycles. The number of carbonyl (C=O) groups is 1. The van der Waals surface area contributed by atoms with E-state index in [0.717, 1.165) is 11.3 Å². The van der Waals surface area contributed by atoms with Crippen LogP contribution in [-0.2, 0) is 0 Å². The van der Waals surface area contributed by atoms with Crippen molar-refractivity contribution in [3.05, 3.63) is 48.0 Å². The standard InChI is InChI=1S/C20H20F3N3O3S.ClH/c1-25(2)9-10-26(18(27)13-5-4-6-14(11-13)28-3)19-24-16-8-7-15(12-17(16)30-19)29-20(21,22)23;/h4-8,11-12H,9-10H2,1-3H3;1H. The zero-order chi connectivity index (χ0) is 21.9. The highest BCUT2D eigenvalue weighted by Gasteiger charge is 2.31. The molecule has 3 rings (SSSR count). The lowest BCUT2D eigenvalue weighted by molar-refractivity contribution is -0.274. The van der Waals surface area contributed by atoms with Gasteiger partial charge in [0.25, 0.3) is 5.91 Å². The average Bonchev–Trinajstić information content (AvgIpc) is 3.09. The molecule has 31 heavy (non-hydrogen) atoms. The van der Waals surface area contributed by atoms with E-state index in [1.54, 1.807) is 24.3 Å². The quantitative estimate of drug-likeness (QED) is 0.489. The molecule has 0 radical (unpaired) electrons. The van der Waals surface area contributed by atoms with Crippen LogP contribution in [-0.4, -0.2) is 56.4 Å². The van der Waals surface area contributed by atoms with Crippen molar-refractivity contribution in [2.24, 2.45) is 0 Å². The second-order valence-electron chi connectivity index (χ2n) is 6.67. The molecule has 0 aliphatic heterocycles. The third-order valence-electron chi connectivity index (χ3n) is 4.15. The molecule has 0 N–H and O–H groups in total. The van der Waals surface area contributed by atoms with Crippen molar-refractivity contribution in [2.75, 3.05) is 39.2 Å². The smallest absolute Gasteiger partial charge is 0.497 e. The first-order valence-corrected chi connectivity index (χ1v) is 9.75. The maximum absolute atomic E-state index is 13.2. The third kappa shape index (κ3) is 6.46. The molecule has 0 fully saturated rings. The van der Waals surface area contributed by atoms with Crippen molar-refractivity contribution in [1.82, 2.24) is 9.88 Å². The monoisotopic (exact) mass is 475 g/mol. The molecule has 1 amide bonds. The number of halogens is 4. The van der Waals surface area contributed by atoms with Gasteiger partial charge in [0.15, 0.2) is 5.13 Å². The van der Waals surface area contributed by atoms with E-state index in [0.29, 0.717) is 39.8 Å². The first kappa shape index (κ1) is 24.7. The predicted molar refractivity (Wildman–Crippen MR) is 117 cm³/mol. The number of ether oxygens (including phenoxy) is 2. The Labute approximate surface area is 187 Å². The summed E-state index contributed by atoms with van der Waals surface area (Å²) in [5.41, 5.74) is 0.909. The van der Waals surface area contributed by atoms with Gasteiger partial charge in [-0.15, -0.1) is 25.6 Å². The largest absolute Gasteiger partial charge is 0.573 e. The number of amides is 1. The number of likely N-dealkylation sites (N-methyl/N-ethyl adjacent to an activating group) is 1. The molecule has 1 heterocycles. The summed E-state index contributed by atoms with van der Waals surface area (Å²) >= 11 is 1.13. The fourth-order valence-corrected chi connectivity index (χ4v) is 3.72. The molecule has 0 saturated carbocycles. The van der Waals surface area contributed by atoms with Gasteiger partial charge in [0.1, 0.15) is 11.5 Å². The number of hydrogen-bond donors (Lipinski definition) is 0. The van der Waals surface area contributed by atoms with Crippen LogP contribution in [0.4, 0.5) is 18.3 Å². The number of hydrogen-bond acceptors (Lipinski definition) is 6. The van der Waals surface area contributed by atoms with Crippen LogP contribution in [0.1, 0.15) is 10.4 Å². The summed E-state index contributed by atoms with van der Waals surface area (Å²) in [5.74, 6) is -0.0580. The van der Waals surface area contributed by atoms with Crippen LogP contribution in [0.25, 0.3) is 10.2 Å². The minimum atomic E-state index is -4.78. The molecule has 0 saturated heterocycles. The summed E-state index contributed by atoms with van der Waals surface area (Å²) in [6.45, 7) is 0.933. The Morgan fingerprint density at radius 2 is 1.84 bits per heavy atom. The summed E-state index contributed by atoms with van der Waals surface area (Å²) < 4.78 is 47.2. The van der Waals surface area contributed by atoms with Gasteiger partial charge in [0, 0.05) is 24.7 Å². The molecule has 0 unspecified atom stereocenters. The Hall–Kier alpha value is -2.56. The van der Waals surface area contributed by atoms with Crippen LogP contribution in [0.3, 0.4) is 0 Å². The summed E-state index contributed by atoms with van der Waals surface area (Å²) in [6, 6.07) is 10.7. The van der Waals surface area contributed by atoms with E-state index in [4.69, 9.17) is 4.74 Å². The second kappa shape index (κ2) is 10.2. The average molecular weight is 476 g/mol. The number of fused-ring (bicyclic) bond motifs is 1. The lowest BCUT2D eigenvalue weighted by Crippen LogP contribution is -2.36. The van der Waals surface area contributed by atoms with Crippen molar-refractivity contribution in [1.29, 1.82) is 0 Å². The molecule has 0 atom stereocenters. The van der Waals surface area contributed by atoms with Gasteiger partial charge in [0.2, 0.25) is 0 Å². The van der Waals surface area contributed by atoms with Crippen molar-refractivity contribution < 1.29 is 27.4 Å². The Balaban J connectivity index is 0.00000341. The highest BCUT2D eigenvalue weighted by atomic mass is 35.5. The van der Waals surface area contributed by atoms with Gasteiger partial charge in [-0.3, -0.25) is 9.69 Å². The molecular formula is C20H21ClF3N3O3S. The van der Waals surface area contributed by atoms with Gasteiger partial charge < -0.3 is 14.4 Å². The zero-order valence-electron chi connectivity index (χ0n) is 17.0. The fourth-order valence-electron chi connectivity index (χ4n) is 2.70. The number of rotatable bonds is 7. The summed E-state index contributed by atoms with van der Waals surface area (Å²) in [4.78, 5) is 21.1. The van der Waals surface area contributed by atoms with Gasteiger partial charge in [-0.2, -0.15) is 0 Å². The maximum Gasteiger partial charge on any atom is 0.573 e. The van der Waals surface area contributed by atoms with Crippen LogP contribution in [0, 0.1) is 0 Å². The van der Waals surface area contributed by atoms with E-state index in [9.17, 15) is 18.0 Å². The molecule has 3 aromatic rings. The molecule has 11 heteroatoms. The summed E-state index contributed by atoms with van der Waals surface area (Å²) in [7, 11) is 5.28. The van der Waals surface area contributed by atoms with Gasteiger partial charge in [0.05, 0.1) is 17.3 Å². The van der Waals surface area contributed by atoms with Crippen molar-refractivity contribution >= 4 is 45.0 Å². The first-order valence-electron chi connectivity index (χ1n) is 8.93. The van der Waals surface area contributed by atoms with Crippen LogP contribution < -0.4 is 14.4 Å². The molecule has 0 aliphatic carbocycles. The molecule has 0 spiro atoms. The van der Waals surface area contributed by atoms with Crippen molar-refractivity contribution in [2.45, 2.75) is 6.36 Å². The van der Waals surface area contributed by atoms with Crippen molar-refractivity contribution in [3.8, 4) is 11.5 Å². The topological polar surface area (TPSA) is 54.9 Å². The number of carbonyl (C=O) groups excluding carboxylic acids is 1. The molecule has 6 nitrogen and oxygen atoms in total. The number of anilines is 1. The lowest BCUT2D eigenvalue weighted by atomic mass is 10.2. The summed E-state index contributed by atoms with van der Waals surface area (Å²) in [6.07, 6.45) is -4.78. The summed E-state index contributed by atoms with van der Waals surface area (Å²) in [5, 5.41) is 0.392. The highest BCUT2D eigenvalue weighted by molar-refractivity contribution is 7.22. The third-order valence-corrected chi connectivity index (χ3v) is 5.19. The van der Waals surface area contributed by atoms with Crippen LogP contribution >= 0.6 is 23.7 Å². The number of benzene rings is 2. The molecule has 0 bridgehead atoms. The van der Waals surface area contributed by atoms with Crippen LogP contribution in [0.5, 0.6) is 11.5 Å². The predicted octanol–water partition coefficient (Wildman–Crippen LogP) is 4.83. The van der Waals surface area contributed by atoms with E-state index >= 15 is 0 Å². The molecule has 168 valence electrons. The van der Waals surface area contributed by atoms with E-state index in [1.807, 2.05) is 19.0 Å². The van der Waals surface area contributed by atoms with Gasteiger partial charge in [-0.05, 0) is 44.4 Å². The van der Waals surface area contributed by atoms with Gasteiger partial charge >= 0.3 is 6.36 Å². The van der Waals surface area contributed by atoms with E-state index in [2.05, 4.69) is 9.72 Å². The Kier molecular flexibility index (Phi) is 8.10. The van der Waals surface area contributed by atoms with Crippen LogP contribution in [0.15, 0.2) is 42.5 Å². The second-order valence-corrected chi connectivity index (χ2v) is 7.67. The fraction of sp³-hybridized carbons (Fsp3) is 0.300. The Morgan fingerprint density at radius 3 is 2.48 bits per heavy atom. The number of alkyl halides is 3. The Bertz CT molecular complexity index is 1040. The maximum atomic E-state index is 13.2. The SMILES string of the molecule is COc1cccc(C(=O)N(CCN(C)C)c2nc3ccc(OC(F)(F)F)cc3s2)c1.Cl. The van der Waals surface area contributed by atoms with Crippen LogP contribution in [0.2, 0.25) is 0 Å². The molecule has 0 aliphatic rings. The molecular weight excluding hydrogens is 455 g/mol. The van der Waals surface area contributed by atoms with E-state index in [-0.39, 0.29) is 24.1 Å². The van der Waals surface area contributed by atoms with E-state index < -0.39 is 6.36 Å². The minimum absolute atomic E-state index is 0. The molecule has 2 aromatic carbocycles. The number of nitrogens with zero attached hydrogens (tertiary/aromatic N) is 3. The number of thiazole rings is 1. The number of methoxy groups -OCH3 is 1. The van der Waals surface area contributed by atoms with Gasteiger partial charge in [-0.1, -0.05) is 17.4 Å². The highest BCUT2D eigenvalue weighted by Crippen LogP contribution is 2.34. The van der Waals surface area contributed by atoms with Crippen molar-refractivity contribution in [3.63, 3.8) is 0 Å². The number of aromatic nitrogens is 1. The normalized spacial score (nSPS) is 11.3. The lowest BCUT2D eigenvalue weighted by Gasteiger charge is -2.22. The van der Waals surface area contributed by atoms with E-state index in [1.165, 1.54) is 30.2 Å². The zero-order valence-corrected chi connectivity index (χ0v) is 18.6.